The van der Waals surface area contributed by atoms with Gasteiger partial charge in [0.15, 0.2) is 0 Å². The number of benzene rings is 6. The van der Waals surface area contributed by atoms with E-state index in [1.807, 2.05) is 12.3 Å². The zero-order valence-electron chi connectivity index (χ0n) is 25.3. The number of hydrogen-bond donors (Lipinski definition) is 0. The second kappa shape index (κ2) is 12.7. The average molecular weight is 690 g/mol. The second-order valence-electron chi connectivity index (χ2n) is 11.6. The summed E-state index contributed by atoms with van der Waals surface area (Å²) in [6.07, 6.45) is 4.25. The molecule has 0 saturated carbocycles. The molecule has 45 heavy (non-hydrogen) atoms. The lowest BCUT2D eigenvalue weighted by molar-refractivity contribution is 1.39. The first-order valence-electron chi connectivity index (χ1n) is 15.2. The summed E-state index contributed by atoms with van der Waals surface area (Å²) in [4.78, 5) is 4.70. The standard InChI is InChI=1S/C43H32IN/c1-29(2)40(37-22-17-31-12-6-7-13-35(31)26-37)28-41(39-24-23-36(27-42(39)44)30-10-4-3-5-11-30)33-20-18-32(19-21-33)38-16-8-14-34-15-9-25-45-43(34)38/h3-28H,1-2H3/b41-28-. The summed E-state index contributed by atoms with van der Waals surface area (Å²) in [5, 5.41) is 3.65. The van der Waals surface area contributed by atoms with E-state index in [0.29, 0.717) is 0 Å². The molecule has 0 aliphatic heterocycles. The van der Waals surface area contributed by atoms with Gasteiger partial charge in [-0.3, -0.25) is 4.98 Å². The van der Waals surface area contributed by atoms with Crippen molar-refractivity contribution in [2.24, 2.45) is 0 Å². The van der Waals surface area contributed by atoms with E-state index >= 15 is 0 Å². The van der Waals surface area contributed by atoms with Crippen molar-refractivity contribution in [3.8, 4) is 22.3 Å². The third-order valence-electron chi connectivity index (χ3n) is 8.39. The third-order valence-corrected chi connectivity index (χ3v) is 9.29. The molecule has 0 unspecified atom stereocenters. The van der Waals surface area contributed by atoms with E-state index in [1.165, 1.54) is 58.9 Å². The molecule has 0 bridgehead atoms. The van der Waals surface area contributed by atoms with Gasteiger partial charge in [-0.15, -0.1) is 0 Å². The maximum Gasteiger partial charge on any atom is 0.0780 e. The summed E-state index contributed by atoms with van der Waals surface area (Å²) < 4.78 is 1.22. The predicted molar refractivity (Wildman–Crippen MR) is 201 cm³/mol. The molecule has 2 heteroatoms. The van der Waals surface area contributed by atoms with Gasteiger partial charge in [0.25, 0.3) is 0 Å². The Kier molecular flexibility index (Phi) is 8.15. The Morgan fingerprint density at radius 3 is 2.02 bits per heavy atom. The second-order valence-corrected chi connectivity index (χ2v) is 12.7. The van der Waals surface area contributed by atoms with Gasteiger partial charge in [-0.2, -0.15) is 0 Å². The fraction of sp³-hybridized carbons (Fsp3) is 0.0465. The molecule has 1 aromatic heterocycles. The van der Waals surface area contributed by atoms with Gasteiger partial charge in [-0.1, -0.05) is 133 Å². The molecule has 0 aliphatic carbocycles. The third kappa shape index (κ3) is 5.99. The van der Waals surface area contributed by atoms with Gasteiger partial charge in [0.05, 0.1) is 5.52 Å². The minimum absolute atomic E-state index is 1.03. The molecule has 1 heterocycles. The minimum Gasteiger partial charge on any atom is -0.256 e. The maximum absolute atomic E-state index is 4.70. The van der Waals surface area contributed by atoms with E-state index in [-0.39, 0.29) is 0 Å². The summed E-state index contributed by atoms with van der Waals surface area (Å²) in [6, 6.07) is 52.3. The molecule has 0 radical (unpaired) electrons. The fourth-order valence-corrected chi connectivity index (χ4v) is 6.85. The molecule has 0 atom stereocenters. The lowest BCUT2D eigenvalue weighted by Gasteiger charge is -2.16. The Morgan fingerprint density at radius 1 is 0.556 bits per heavy atom. The van der Waals surface area contributed by atoms with Crippen molar-refractivity contribution in [1.82, 2.24) is 4.98 Å². The summed E-state index contributed by atoms with van der Waals surface area (Å²) in [5.41, 5.74) is 13.1. The van der Waals surface area contributed by atoms with Crippen LogP contribution in [-0.2, 0) is 0 Å². The van der Waals surface area contributed by atoms with Crippen LogP contribution in [0.4, 0.5) is 0 Å². The van der Waals surface area contributed by atoms with Crippen LogP contribution in [0.3, 0.4) is 0 Å². The molecule has 0 spiro atoms. The summed E-state index contributed by atoms with van der Waals surface area (Å²) >= 11 is 2.51. The van der Waals surface area contributed by atoms with Gasteiger partial charge in [0.1, 0.15) is 0 Å². The Hall–Kier alpha value is -4.80. The van der Waals surface area contributed by atoms with Crippen molar-refractivity contribution in [3.63, 3.8) is 0 Å². The highest BCUT2D eigenvalue weighted by molar-refractivity contribution is 14.1. The van der Waals surface area contributed by atoms with Crippen molar-refractivity contribution >= 4 is 55.4 Å². The topological polar surface area (TPSA) is 12.9 Å². The van der Waals surface area contributed by atoms with Crippen LogP contribution in [0, 0.1) is 3.57 Å². The van der Waals surface area contributed by atoms with E-state index in [2.05, 4.69) is 182 Å². The van der Waals surface area contributed by atoms with Crippen molar-refractivity contribution in [2.75, 3.05) is 0 Å². The first-order chi connectivity index (χ1) is 22.0. The van der Waals surface area contributed by atoms with Crippen LogP contribution in [0.15, 0.2) is 163 Å². The van der Waals surface area contributed by atoms with Crippen LogP contribution >= 0.6 is 22.6 Å². The molecular weight excluding hydrogens is 657 g/mol. The van der Waals surface area contributed by atoms with Gasteiger partial charge in [0, 0.05) is 20.7 Å². The maximum atomic E-state index is 4.70. The molecule has 0 fully saturated rings. The monoisotopic (exact) mass is 689 g/mol. The van der Waals surface area contributed by atoms with Crippen LogP contribution in [0.2, 0.25) is 0 Å². The first kappa shape index (κ1) is 28.9. The van der Waals surface area contributed by atoms with Gasteiger partial charge in [0.2, 0.25) is 0 Å². The van der Waals surface area contributed by atoms with E-state index in [1.54, 1.807) is 0 Å². The summed E-state index contributed by atoms with van der Waals surface area (Å²) in [7, 11) is 0. The van der Waals surface area contributed by atoms with Crippen LogP contribution < -0.4 is 0 Å². The Labute approximate surface area is 278 Å². The molecule has 0 aliphatic rings. The highest BCUT2D eigenvalue weighted by Crippen LogP contribution is 2.36. The molecule has 7 aromatic rings. The van der Waals surface area contributed by atoms with Crippen molar-refractivity contribution in [1.29, 1.82) is 0 Å². The molecule has 7 rings (SSSR count). The quantitative estimate of drug-likeness (QED) is 0.125. The largest absolute Gasteiger partial charge is 0.256 e. The van der Waals surface area contributed by atoms with Gasteiger partial charge in [-0.05, 0) is 116 Å². The lowest BCUT2D eigenvalue weighted by Crippen LogP contribution is -1.95. The highest BCUT2D eigenvalue weighted by atomic mass is 127. The predicted octanol–water partition coefficient (Wildman–Crippen LogP) is 12.3. The lowest BCUT2D eigenvalue weighted by atomic mass is 9.89. The van der Waals surface area contributed by atoms with Gasteiger partial charge in [-0.25, -0.2) is 0 Å². The van der Waals surface area contributed by atoms with E-state index in [9.17, 15) is 0 Å². The number of pyridine rings is 1. The average Bonchev–Trinajstić information content (AvgIpc) is 3.09. The molecule has 0 saturated heterocycles. The van der Waals surface area contributed by atoms with Gasteiger partial charge < -0.3 is 0 Å². The SMILES string of the molecule is CC(C)=C(/C=C(/c1ccc(-c2cccc3cccnc23)cc1)c1ccc(-c2ccccc2)cc1I)c1ccc2ccccc2c1. The number of fused-ring (bicyclic) bond motifs is 2. The number of rotatable bonds is 6. The van der Waals surface area contributed by atoms with Crippen LogP contribution in [0.5, 0.6) is 0 Å². The number of halogens is 1. The minimum atomic E-state index is 1.03. The Morgan fingerprint density at radius 2 is 1.24 bits per heavy atom. The zero-order chi connectivity index (χ0) is 30.8. The number of hydrogen-bond acceptors (Lipinski definition) is 1. The van der Waals surface area contributed by atoms with Crippen LogP contribution in [-0.4, -0.2) is 4.98 Å². The summed E-state index contributed by atoms with van der Waals surface area (Å²) in [5.74, 6) is 0. The van der Waals surface area contributed by atoms with E-state index in [0.717, 1.165) is 22.0 Å². The van der Waals surface area contributed by atoms with Crippen LogP contribution in [0.1, 0.15) is 30.5 Å². The number of para-hydroxylation sites is 1. The molecular formula is C43H32IN. The highest BCUT2D eigenvalue weighted by Gasteiger charge is 2.14. The Balaban J connectivity index is 1.37. The normalized spacial score (nSPS) is 11.6. The summed E-state index contributed by atoms with van der Waals surface area (Å²) in [6.45, 7) is 4.41. The van der Waals surface area contributed by atoms with E-state index < -0.39 is 0 Å². The number of allylic oxidation sites excluding steroid dienone is 3. The fourth-order valence-electron chi connectivity index (χ4n) is 6.04. The number of nitrogens with zero attached hydrogens (tertiary/aromatic N) is 1. The van der Waals surface area contributed by atoms with Crippen LogP contribution in [0.25, 0.3) is 55.1 Å². The van der Waals surface area contributed by atoms with Gasteiger partial charge >= 0.3 is 0 Å². The van der Waals surface area contributed by atoms with Crippen molar-refractivity contribution in [2.45, 2.75) is 13.8 Å². The zero-order valence-corrected chi connectivity index (χ0v) is 27.5. The Bertz CT molecular complexity index is 2210. The van der Waals surface area contributed by atoms with Crippen molar-refractivity contribution < 1.29 is 0 Å². The number of aromatic nitrogens is 1. The smallest absolute Gasteiger partial charge is 0.0780 e. The molecule has 216 valence electrons. The molecule has 6 aromatic carbocycles. The molecule has 0 N–H and O–H groups in total. The molecule has 1 nitrogen and oxygen atoms in total. The molecule has 0 amide bonds. The van der Waals surface area contributed by atoms with E-state index in [4.69, 9.17) is 4.98 Å². The first-order valence-corrected chi connectivity index (χ1v) is 16.3. The van der Waals surface area contributed by atoms with Crippen molar-refractivity contribution in [3.05, 3.63) is 184 Å².